The quantitative estimate of drug-likeness (QED) is 0.783. The highest BCUT2D eigenvalue weighted by molar-refractivity contribution is 5.48. The van der Waals surface area contributed by atoms with Crippen molar-refractivity contribution in [2.75, 3.05) is 12.4 Å². The van der Waals surface area contributed by atoms with Gasteiger partial charge in [0, 0.05) is 12.7 Å². The molecule has 1 heterocycles. The minimum absolute atomic E-state index is 0.373. The SMILES string of the molecule is CNc1ccc(F)c(C2(C(F)(F)F)N=N2)c1. The Morgan fingerprint density at radius 1 is 1.25 bits per heavy atom. The summed E-state index contributed by atoms with van der Waals surface area (Å²) in [4.78, 5) is 0. The second kappa shape index (κ2) is 3.16. The molecule has 1 aliphatic heterocycles. The van der Waals surface area contributed by atoms with Crippen LogP contribution >= 0.6 is 0 Å². The monoisotopic (exact) mass is 233 g/mol. The van der Waals surface area contributed by atoms with E-state index < -0.39 is 23.2 Å². The molecule has 16 heavy (non-hydrogen) atoms. The van der Waals surface area contributed by atoms with Gasteiger partial charge in [0.1, 0.15) is 5.82 Å². The zero-order valence-electron chi connectivity index (χ0n) is 8.14. The Morgan fingerprint density at radius 2 is 1.88 bits per heavy atom. The lowest BCUT2D eigenvalue weighted by molar-refractivity contribution is -0.166. The molecule has 0 radical (unpaired) electrons. The average Bonchev–Trinajstić information content (AvgIpc) is 2.98. The van der Waals surface area contributed by atoms with E-state index in [4.69, 9.17) is 0 Å². The molecule has 0 amide bonds. The van der Waals surface area contributed by atoms with Crippen LogP contribution < -0.4 is 5.32 Å². The fourth-order valence-electron chi connectivity index (χ4n) is 1.37. The molecule has 0 aliphatic carbocycles. The van der Waals surface area contributed by atoms with Gasteiger partial charge in [-0.15, -0.1) is 10.2 Å². The number of nitrogens with one attached hydrogen (secondary N) is 1. The number of halogens is 4. The third-order valence-corrected chi connectivity index (χ3v) is 2.33. The maximum absolute atomic E-state index is 13.3. The molecular formula is C9H7F4N3. The van der Waals surface area contributed by atoms with Crippen molar-refractivity contribution in [3.8, 4) is 0 Å². The van der Waals surface area contributed by atoms with Crippen LogP contribution in [-0.4, -0.2) is 13.2 Å². The van der Waals surface area contributed by atoms with E-state index in [0.29, 0.717) is 5.69 Å². The number of hydrogen-bond acceptors (Lipinski definition) is 3. The molecule has 0 atom stereocenters. The summed E-state index contributed by atoms with van der Waals surface area (Å²) in [5, 5.41) is 8.52. The van der Waals surface area contributed by atoms with Gasteiger partial charge in [-0.2, -0.15) is 13.2 Å². The minimum Gasteiger partial charge on any atom is -0.388 e. The zero-order chi connectivity index (χ0) is 12.0. The number of rotatable bonds is 2. The molecule has 7 heteroatoms. The fraction of sp³-hybridized carbons (Fsp3) is 0.333. The van der Waals surface area contributed by atoms with Gasteiger partial charge in [-0.25, -0.2) is 4.39 Å². The largest absolute Gasteiger partial charge is 0.442 e. The second-order valence-electron chi connectivity index (χ2n) is 3.31. The molecule has 0 bridgehead atoms. The van der Waals surface area contributed by atoms with E-state index in [1.807, 2.05) is 0 Å². The third-order valence-electron chi connectivity index (χ3n) is 2.33. The molecular weight excluding hydrogens is 226 g/mol. The van der Waals surface area contributed by atoms with Gasteiger partial charge in [0.25, 0.3) is 0 Å². The maximum atomic E-state index is 13.3. The molecule has 3 nitrogen and oxygen atoms in total. The van der Waals surface area contributed by atoms with Gasteiger partial charge >= 0.3 is 11.8 Å². The molecule has 0 saturated carbocycles. The van der Waals surface area contributed by atoms with E-state index in [-0.39, 0.29) is 0 Å². The van der Waals surface area contributed by atoms with Gasteiger partial charge < -0.3 is 5.32 Å². The fourth-order valence-corrected chi connectivity index (χ4v) is 1.37. The molecule has 0 spiro atoms. The zero-order valence-corrected chi connectivity index (χ0v) is 8.14. The first-order valence-corrected chi connectivity index (χ1v) is 4.39. The van der Waals surface area contributed by atoms with E-state index in [1.54, 1.807) is 0 Å². The standard InChI is InChI=1S/C9H7F4N3/c1-14-5-2-3-7(10)6(4-5)8(15-16-8)9(11,12)13/h2-4,14H,1H3. The summed E-state index contributed by atoms with van der Waals surface area (Å²) >= 11 is 0. The highest BCUT2D eigenvalue weighted by Crippen LogP contribution is 2.53. The van der Waals surface area contributed by atoms with Crippen molar-refractivity contribution in [1.29, 1.82) is 0 Å². The van der Waals surface area contributed by atoms with Crippen LogP contribution in [0.4, 0.5) is 23.2 Å². The lowest BCUT2D eigenvalue weighted by Gasteiger charge is -2.16. The highest BCUT2D eigenvalue weighted by atomic mass is 19.4. The Kier molecular flexibility index (Phi) is 2.14. The van der Waals surface area contributed by atoms with Crippen molar-refractivity contribution in [3.63, 3.8) is 0 Å². The summed E-state index contributed by atoms with van der Waals surface area (Å²) < 4.78 is 51.2. The topological polar surface area (TPSA) is 36.8 Å². The lowest BCUT2D eigenvalue weighted by Crippen LogP contribution is -2.31. The molecule has 0 saturated heterocycles. The normalized spacial score (nSPS) is 17.3. The van der Waals surface area contributed by atoms with Gasteiger partial charge in [0.05, 0.1) is 5.56 Å². The van der Waals surface area contributed by atoms with Crippen LogP contribution in [0.1, 0.15) is 5.56 Å². The van der Waals surface area contributed by atoms with Crippen LogP contribution in [0, 0.1) is 5.82 Å². The van der Waals surface area contributed by atoms with Crippen molar-refractivity contribution in [2.45, 2.75) is 11.8 Å². The third kappa shape index (κ3) is 1.43. The number of nitrogens with zero attached hydrogens (tertiary/aromatic N) is 2. The molecule has 1 aliphatic rings. The minimum atomic E-state index is -4.71. The summed E-state index contributed by atoms with van der Waals surface area (Å²) in [5.41, 5.74) is -2.91. The number of benzene rings is 1. The van der Waals surface area contributed by atoms with Gasteiger partial charge in [-0.05, 0) is 18.2 Å². The van der Waals surface area contributed by atoms with Crippen molar-refractivity contribution in [2.24, 2.45) is 10.2 Å². The summed E-state index contributed by atoms with van der Waals surface area (Å²) in [6, 6.07) is 3.35. The van der Waals surface area contributed by atoms with E-state index in [9.17, 15) is 17.6 Å². The van der Waals surface area contributed by atoms with Gasteiger partial charge in [-0.3, -0.25) is 0 Å². The number of alkyl halides is 3. The molecule has 1 N–H and O–H groups in total. The predicted molar refractivity (Wildman–Crippen MR) is 48.5 cm³/mol. The summed E-state index contributed by atoms with van der Waals surface area (Å²) in [5.74, 6) is -0.971. The number of anilines is 1. The Balaban J connectivity index is 2.48. The Labute approximate surface area is 88.2 Å². The smallest absolute Gasteiger partial charge is 0.388 e. The van der Waals surface area contributed by atoms with Crippen LogP contribution in [0.5, 0.6) is 0 Å². The summed E-state index contributed by atoms with van der Waals surface area (Å²) in [7, 11) is 1.53. The molecule has 0 aromatic heterocycles. The Bertz CT molecular complexity index is 447. The predicted octanol–water partition coefficient (Wildman–Crippen LogP) is 3.05. The van der Waals surface area contributed by atoms with Gasteiger partial charge in [0.2, 0.25) is 0 Å². The van der Waals surface area contributed by atoms with E-state index in [1.165, 1.54) is 13.1 Å². The van der Waals surface area contributed by atoms with E-state index >= 15 is 0 Å². The van der Waals surface area contributed by atoms with E-state index in [2.05, 4.69) is 15.5 Å². The Hall–Kier alpha value is -1.66. The first-order chi connectivity index (χ1) is 7.40. The summed E-state index contributed by atoms with van der Waals surface area (Å²) in [6.07, 6.45) is -4.71. The molecule has 2 rings (SSSR count). The van der Waals surface area contributed by atoms with Crippen LogP contribution in [0.3, 0.4) is 0 Å². The first-order valence-electron chi connectivity index (χ1n) is 4.39. The lowest BCUT2D eigenvalue weighted by atomic mass is 10.0. The Morgan fingerprint density at radius 3 is 2.31 bits per heavy atom. The molecule has 1 aromatic rings. The van der Waals surface area contributed by atoms with Crippen molar-refractivity contribution in [1.82, 2.24) is 0 Å². The first kappa shape index (κ1) is 10.8. The molecule has 0 fully saturated rings. The van der Waals surface area contributed by atoms with Crippen LogP contribution in [0.2, 0.25) is 0 Å². The molecule has 0 unspecified atom stereocenters. The van der Waals surface area contributed by atoms with Crippen molar-refractivity contribution < 1.29 is 17.6 Å². The van der Waals surface area contributed by atoms with Gasteiger partial charge in [0.15, 0.2) is 0 Å². The van der Waals surface area contributed by atoms with E-state index in [0.717, 1.165) is 12.1 Å². The molecule has 1 aromatic carbocycles. The summed E-state index contributed by atoms with van der Waals surface area (Å²) in [6.45, 7) is 0. The van der Waals surface area contributed by atoms with Gasteiger partial charge in [-0.1, -0.05) is 0 Å². The van der Waals surface area contributed by atoms with Crippen molar-refractivity contribution >= 4 is 5.69 Å². The highest BCUT2D eigenvalue weighted by Gasteiger charge is 2.66. The van der Waals surface area contributed by atoms with Crippen molar-refractivity contribution in [3.05, 3.63) is 29.6 Å². The second-order valence-corrected chi connectivity index (χ2v) is 3.31. The maximum Gasteiger partial charge on any atom is 0.442 e. The van der Waals surface area contributed by atoms with Crippen LogP contribution in [0.25, 0.3) is 0 Å². The average molecular weight is 233 g/mol. The number of hydrogen-bond donors (Lipinski definition) is 1. The van der Waals surface area contributed by atoms with Crippen LogP contribution in [-0.2, 0) is 5.66 Å². The molecule has 86 valence electrons. The van der Waals surface area contributed by atoms with Crippen LogP contribution in [0.15, 0.2) is 28.4 Å².